The zero-order chi connectivity index (χ0) is 23.5. The molecule has 0 radical (unpaired) electrons. The summed E-state index contributed by atoms with van der Waals surface area (Å²) in [6, 6.07) is 4.09. The quantitative estimate of drug-likeness (QED) is 0.521. The van der Waals surface area contributed by atoms with Gasteiger partial charge in [-0.25, -0.2) is 32.7 Å². The molecule has 4 rings (SSSR count). The molecule has 0 saturated carbocycles. The first kappa shape index (κ1) is 23.0. The molecule has 0 bridgehead atoms. The number of anilines is 1. The highest BCUT2D eigenvalue weighted by Crippen LogP contribution is 2.36. The maximum atomic E-state index is 14.4. The van der Waals surface area contributed by atoms with E-state index in [1.165, 1.54) is 13.0 Å². The second kappa shape index (κ2) is 9.74. The van der Waals surface area contributed by atoms with Gasteiger partial charge in [-0.1, -0.05) is 0 Å². The minimum Gasteiger partial charge on any atom is -0.490 e. The summed E-state index contributed by atoms with van der Waals surface area (Å²) in [5, 5.41) is -0.610. The van der Waals surface area contributed by atoms with E-state index in [1.807, 2.05) is 11.8 Å². The monoisotopic (exact) mass is 475 g/mol. The second-order valence-corrected chi connectivity index (χ2v) is 9.25. The standard InChI is InChI=1S/C22H23F2N5O3S/c1-13(33(30)31)5-9-32-19-11-15(10-17(23)20(19)24)29-8-4-18-16(14(29)2)12-27-22(28-18)21-25-6-3-7-26-21/h3,6-7,10-14,33H,4-5,8-9H2,1-2H3. The van der Waals surface area contributed by atoms with Gasteiger partial charge in [-0.05, 0) is 26.3 Å². The molecule has 8 nitrogen and oxygen atoms in total. The number of hydrogen-bond acceptors (Lipinski definition) is 8. The Bertz CT molecular complexity index is 1220. The average Bonchev–Trinajstić information content (AvgIpc) is 2.82. The molecule has 1 aliphatic heterocycles. The Morgan fingerprint density at radius 3 is 2.67 bits per heavy atom. The number of ether oxygens (including phenoxy) is 1. The maximum absolute atomic E-state index is 14.4. The van der Waals surface area contributed by atoms with Gasteiger partial charge in [0.2, 0.25) is 5.82 Å². The largest absolute Gasteiger partial charge is 0.490 e. The Kier molecular flexibility index (Phi) is 6.77. The van der Waals surface area contributed by atoms with Gasteiger partial charge in [0.1, 0.15) is 10.7 Å². The zero-order valence-corrected chi connectivity index (χ0v) is 19.0. The molecule has 0 amide bonds. The molecule has 2 aromatic heterocycles. The molecule has 1 aliphatic rings. The van der Waals surface area contributed by atoms with Crippen molar-refractivity contribution in [1.82, 2.24) is 19.9 Å². The molecule has 2 atom stereocenters. The number of thiol groups is 1. The molecule has 11 heteroatoms. The Morgan fingerprint density at radius 2 is 1.94 bits per heavy atom. The molecule has 0 spiro atoms. The van der Waals surface area contributed by atoms with Crippen molar-refractivity contribution in [3.05, 3.63) is 59.7 Å². The molecule has 3 aromatic rings. The van der Waals surface area contributed by atoms with E-state index in [0.29, 0.717) is 30.3 Å². The van der Waals surface area contributed by atoms with Gasteiger partial charge in [-0.2, -0.15) is 4.39 Å². The summed E-state index contributed by atoms with van der Waals surface area (Å²) < 4.78 is 56.0. The topological polar surface area (TPSA) is 98.2 Å². The van der Waals surface area contributed by atoms with E-state index in [4.69, 9.17) is 4.74 Å². The first-order valence-corrected chi connectivity index (χ1v) is 11.7. The number of halogens is 2. The molecule has 0 aliphatic carbocycles. The fourth-order valence-corrected chi connectivity index (χ4v) is 4.02. The second-order valence-electron chi connectivity index (χ2n) is 7.80. The molecule has 0 saturated heterocycles. The van der Waals surface area contributed by atoms with Crippen LogP contribution < -0.4 is 9.64 Å². The third-order valence-electron chi connectivity index (χ3n) is 5.64. The van der Waals surface area contributed by atoms with Gasteiger partial charge in [0, 0.05) is 54.9 Å². The lowest BCUT2D eigenvalue weighted by molar-refractivity contribution is 0.289. The van der Waals surface area contributed by atoms with Gasteiger partial charge < -0.3 is 9.64 Å². The van der Waals surface area contributed by atoms with E-state index >= 15 is 0 Å². The minimum absolute atomic E-state index is 0.0408. The molecule has 1 aromatic carbocycles. The van der Waals surface area contributed by atoms with Crippen LogP contribution in [0.3, 0.4) is 0 Å². The molecule has 33 heavy (non-hydrogen) atoms. The summed E-state index contributed by atoms with van der Waals surface area (Å²) in [6.07, 6.45) is 5.72. The summed E-state index contributed by atoms with van der Waals surface area (Å²) in [4.78, 5) is 19.3. The lowest BCUT2D eigenvalue weighted by Gasteiger charge is -2.36. The average molecular weight is 476 g/mol. The first-order valence-electron chi connectivity index (χ1n) is 10.5. The van der Waals surface area contributed by atoms with Crippen molar-refractivity contribution in [3.8, 4) is 17.4 Å². The highest BCUT2D eigenvalue weighted by molar-refractivity contribution is 7.73. The van der Waals surface area contributed by atoms with Crippen molar-refractivity contribution >= 4 is 16.4 Å². The van der Waals surface area contributed by atoms with Gasteiger partial charge in [0.15, 0.2) is 23.2 Å². The lowest BCUT2D eigenvalue weighted by atomic mass is 9.98. The molecule has 3 heterocycles. The summed E-state index contributed by atoms with van der Waals surface area (Å²) >= 11 is 0. The van der Waals surface area contributed by atoms with Crippen LogP contribution in [0.5, 0.6) is 5.75 Å². The van der Waals surface area contributed by atoms with Crippen LogP contribution in [0.25, 0.3) is 11.6 Å². The maximum Gasteiger partial charge on any atom is 0.200 e. The van der Waals surface area contributed by atoms with E-state index in [2.05, 4.69) is 19.9 Å². The van der Waals surface area contributed by atoms with E-state index < -0.39 is 27.6 Å². The van der Waals surface area contributed by atoms with E-state index in [-0.39, 0.29) is 24.8 Å². The fraction of sp³-hybridized carbons (Fsp3) is 0.364. The van der Waals surface area contributed by atoms with Crippen LogP contribution in [0.2, 0.25) is 0 Å². The number of nitrogens with zero attached hydrogens (tertiary/aromatic N) is 5. The van der Waals surface area contributed by atoms with Crippen LogP contribution >= 0.6 is 0 Å². The predicted octanol–water partition coefficient (Wildman–Crippen LogP) is 3.10. The van der Waals surface area contributed by atoms with Crippen LogP contribution in [0, 0.1) is 11.6 Å². The van der Waals surface area contributed by atoms with Crippen LogP contribution in [0.4, 0.5) is 14.5 Å². The molecule has 0 N–H and O–H groups in total. The highest BCUT2D eigenvalue weighted by atomic mass is 32.2. The van der Waals surface area contributed by atoms with Crippen LogP contribution in [-0.4, -0.2) is 46.8 Å². The van der Waals surface area contributed by atoms with Gasteiger partial charge in [0.25, 0.3) is 0 Å². The third kappa shape index (κ3) is 4.92. The van der Waals surface area contributed by atoms with Crippen LogP contribution in [0.1, 0.15) is 37.6 Å². The lowest BCUT2D eigenvalue weighted by Crippen LogP contribution is -2.35. The Balaban J connectivity index is 1.56. The Hall–Kier alpha value is -3.21. The van der Waals surface area contributed by atoms with Crippen molar-refractivity contribution in [2.75, 3.05) is 18.1 Å². The minimum atomic E-state index is -2.60. The molecular weight excluding hydrogens is 452 g/mol. The normalized spacial score (nSPS) is 16.5. The molecule has 2 unspecified atom stereocenters. The number of aromatic nitrogens is 4. The first-order chi connectivity index (χ1) is 15.8. The highest BCUT2D eigenvalue weighted by Gasteiger charge is 2.28. The van der Waals surface area contributed by atoms with Crippen molar-refractivity contribution in [1.29, 1.82) is 0 Å². The summed E-state index contributed by atoms with van der Waals surface area (Å²) in [5.74, 6) is -1.50. The van der Waals surface area contributed by atoms with Crippen molar-refractivity contribution in [2.24, 2.45) is 0 Å². The zero-order valence-electron chi connectivity index (χ0n) is 18.1. The Morgan fingerprint density at radius 1 is 1.18 bits per heavy atom. The third-order valence-corrected chi connectivity index (χ3v) is 6.62. The molecular formula is C22H23F2N5O3S. The van der Waals surface area contributed by atoms with Gasteiger partial charge >= 0.3 is 0 Å². The predicted molar refractivity (Wildman–Crippen MR) is 119 cm³/mol. The number of hydrogen-bond donors (Lipinski definition) is 1. The van der Waals surface area contributed by atoms with Crippen LogP contribution in [-0.2, 0) is 17.1 Å². The molecule has 174 valence electrons. The van der Waals surface area contributed by atoms with E-state index in [1.54, 1.807) is 24.7 Å². The van der Waals surface area contributed by atoms with Crippen molar-refractivity contribution in [2.45, 2.75) is 38.0 Å². The van der Waals surface area contributed by atoms with Gasteiger partial charge in [-0.3, -0.25) is 0 Å². The summed E-state index contributed by atoms with van der Waals surface area (Å²) in [7, 11) is -2.60. The smallest absolute Gasteiger partial charge is 0.200 e. The van der Waals surface area contributed by atoms with E-state index in [0.717, 1.165) is 17.3 Å². The van der Waals surface area contributed by atoms with Gasteiger partial charge in [-0.15, -0.1) is 0 Å². The molecule has 0 fully saturated rings. The SMILES string of the molecule is CC1c2cnc(-c3ncccn3)nc2CCN1c1cc(F)c(F)c(OCCC(C)[SH](=O)=O)c1. The van der Waals surface area contributed by atoms with Crippen molar-refractivity contribution in [3.63, 3.8) is 0 Å². The Labute approximate surface area is 191 Å². The van der Waals surface area contributed by atoms with E-state index in [9.17, 15) is 17.2 Å². The number of benzene rings is 1. The van der Waals surface area contributed by atoms with Crippen molar-refractivity contribution < 1.29 is 21.9 Å². The summed E-state index contributed by atoms with van der Waals surface area (Å²) in [5.41, 5.74) is 2.19. The van der Waals surface area contributed by atoms with Gasteiger partial charge in [0.05, 0.1) is 23.6 Å². The fourth-order valence-electron chi connectivity index (χ4n) is 3.70. The summed E-state index contributed by atoms with van der Waals surface area (Å²) in [6.45, 7) is 3.96. The number of fused-ring (bicyclic) bond motifs is 1. The number of rotatable bonds is 7. The van der Waals surface area contributed by atoms with Crippen LogP contribution in [0.15, 0.2) is 36.8 Å².